The lowest BCUT2D eigenvalue weighted by Crippen LogP contribution is -2.53. The average Bonchev–Trinajstić information content (AvgIpc) is 3.29. The topological polar surface area (TPSA) is 49.4 Å². The van der Waals surface area contributed by atoms with E-state index in [4.69, 9.17) is 0 Å². The van der Waals surface area contributed by atoms with E-state index in [9.17, 15) is 9.59 Å². The van der Waals surface area contributed by atoms with Crippen LogP contribution in [0.1, 0.15) is 58.8 Å². The molecule has 1 heterocycles. The van der Waals surface area contributed by atoms with Crippen LogP contribution in [0.4, 0.5) is 0 Å². The van der Waals surface area contributed by atoms with Gasteiger partial charge in [-0.05, 0) is 43.4 Å². The van der Waals surface area contributed by atoms with Gasteiger partial charge in [-0.25, -0.2) is 0 Å². The Hall–Kier alpha value is -1.06. The molecule has 1 saturated heterocycles. The Morgan fingerprint density at radius 2 is 1.81 bits per heavy atom. The van der Waals surface area contributed by atoms with Gasteiger partial charge in [-0.15, -0.1) is 0 Å². The molecule has 1 aliphatic heterocycles. The molecule has 3 rings (SSSR count). The lowest BCUT2D eigenvalue weighted by Gasteiger charge is -2.42. The molecule has 0 aromatic heterocycles. The Morgan fingerprint density at radius 3 is 2.48 bits per heavy atom. The Balaban J connectivity index is 1.80. The second kappa shape index (κ2) is 5.98. The fourth-order valence-corrected chi connectivity index (χ4v) is 4.20. The van der Waals surface area contributed by atoms with Crippen molar-refractivity contribution in [3.63, 3.8) is 0 Å². The van der Waals surface area contributed by atoms with E-state index in [1.54, 1.807) is 0 Å². The predicted octanol–water partition coefficient (Wildman–Crippen LogP) is 2.33. The molecule has 4 heteroatoms. The van der Waals surface area contributed by atoms with Gasteiger partial charge in [0.05, 0.1) is 0 Å². The zero-order valence-corrected chi connectivity index (χ0v) is 13.3. The van der Waals surface area contributed by atoms with Crippen molar-refractivity contribution in [2.75, 3.05) is 6.54 Å². The highest BCUT2D eigenvalue weighted by Crippen LogP contribution is 2.38. The molecule has 0 bridgehead atoms. The quantitative estimate of drug-likeness (QED) is 0.868. The molecular weight excluding hydrogens is 264 g/mol. The first-order valence-electron chi connectivity index (χ1n) is 8.67. The molecule has 2 amide bonds. The number of nitrogens with zero attached hydrogens (tertiary/aromatic N) is 1. The molecule has 3 atom stereocenters. The van der Waals surface area contributed by atoms with Gasteiger partial charge in [0.2, 0.25) is 11.8 Å². The van der Waals surface area contributed by atoms with Gasteiger partial charge in [-0.1, -0.05) is 26.7 Å². The zero-order valence-electron chi connectivity index (χ0n) is 13.3. The van der Waals surface area contributed by atoms with Crippen LogP contribution in [0.2, 0.25) is 0 Å². The van der Waals surface area contributed by atoms with Crippen LogP contribution >= 0.6 is 0 Å². The summed E-state index contributed by atoms with van der Waals surface area (Å²) in [6.07, 6.45) is 7.47. The minimum absolute atomic E-state index is 0.0552. The van der Waals surface area contributed by atoms with Crippen molar-refractivity contribution >= 4 is 11.8 Å². The van der Waals surface area contributed by atoms with E-state index < -0.39 is 0 Å². The second-order valence-corrected chi connectivity index (χ2v) is 7.42. The number of hydrogen-bond donors (Lipinski definition) is 1. The van der Waals surface area contributed by atoms with Gasteiger partial charge in [-0.3, -0.25) is 9.59 Å². The van der Waals surface area contributed by atoms with Crippen LogP contribution in [0.5, 0.6) is 0 Å². The van der Waals surface area contributed by atoms with E-state index in [0.29, 0.717) is 36.8 Å². The predicted molar refractivity (Wildman–Crippen MR) is 81.6 cm³/mol. The highest BCUT2D eigenvalue weighted by atomic mass is 16.2. The number of carbonyl (C=O) groups is 2. The normalized spacial score (nSPS) is 34.8. The number of nitrogens with one attached hydrogen (secondary N) is 1. The number of amides is 2. The minimum atomic E-state index is -0.241. The molecule has 0 spiro atoms. The molecule has 3 unspecified atom stereocenters. The smallest absolute Gasteiger partial charge is 0.245 e. The van der Waals surface area contributed by atoms with Crippen molar-refractivity contribution in [3.8, 4) is 0 Å². The van der Waals surface area contributed by atoms with E-state index >= 15 is 0 Å². The van der Waals surface area contributed by atoms with Crippen molar-refractivity contribution in [2.45, 2.75) is 70.9 Å². The lowest BCUT2D eigenvalue weighted by molar-refractivity contribution is -0.138. The molecule has 0 aromatic rings. The van der Waals surface area contributed by atoms with Gasteiger partial charge in [0, 0.05) is 19.0 Å². The number of hydrogen-bond acceptors (Lipinski definition) is 2. The summed E-state index contributed by atoms with van der Waals surface area (Å²) in [5.41, 5.74) is 0. The fourth-order valence-electron chi connectivity index (χ4n) is 4.20. The van der Waals surface area contributed by atoms with Crippen molar-refractivity contribution in [3.05, 3.63) is 0 Å². The molecule has 0 radical (unpaired) electrons. The molecular formula is C17H28N2O2. The highest BCUT2D eigenvalue weighted by Gasteiger charge is 2.44. The third-order valence-corrected chi connectivity index (χ3v) is 5.58. The maximum absolute atomic E-state index is 13.0. The van der Waals surface area contributed by atoms with Crippen molar-refractivity contribution in [2.24, 2.45) is 17.8 Å². The van der Waals surface area contributed by atoms with E-state index in [-0.39, 0.29) is 17.9 Å². The molecule has 118 valence electrons. The second-order valence-electron chi connectivity index (χ2n) is 7.42. The third kappa shape index (κ3) is 3.09. The SMILES string of the molecule is CC(C)C1CCCCC1N1CCC(=O)NC(C2CC2)C1=O. The molecule has 21 heavy (non-hydrogen) atoms. The molecule has 3 aliphatic rings. The molecule has 0 aromatic carbocycles. The number of carbonyl (C=O) groups excluding carboxylic acids is 2. The zero-order chi connectivity index (χ0) is 15.0. The molecule has 1 N–H and O–H groups in total. The van der Waals surface area contributed by atoms with Gasteiger partial charge >= 0.3 is 0 Å². The van der Waals surface area contributed by atoms with Gasteiger partial charge in [0.1, 0.15) is 6.04 Å². The van der Waals surface area contributed by atoms with Crippen molar-refractivity contribution in [1.29, 1.82) is 0 Å². The van der Waals surface area contributed by atoms with Gasteiger partial charge < -0.3 is 10.2 Å². The highest BCUT2D eigenvalue weighted by molar-refractivity contribution is 5.90. The summed E-state index contributed by atoms with van der Waals surface area (Å²) in [5.74, 6) is 1.84. The molecule has 2 saturated carbocycles. The van der Waals surface area contributed by atoms with E-state index in [1.807, 2.05) is 0 Å². The van der Waals surface area contributed by atoms with E-state index in [1.165, 1.54) is 19.3 Å². The van der Waals surface area contributed by atoms with Crippen LogP contribution in [0.25, 0.3) is 0 Å². The van der Waals surface area contributed by atoms with Crippen molar-refractivity contribution in [1.82, 2.24) is 10.2 Å². The third-order valence-electron chi connectivity index (χ3n) is 5.58. The Bertz CT molecular complexity index is 417. The van der Waals surface area contributed by atoms with Crippen LogP contribution < -0.4 is 5.32 Å². The molecule has 2 aliphatic carbocycles. The summed E-state index contributed by atoms with van der Waals surface area (Å²) in [7, 11) is 0. The van der Waals surface area contributed by atoms with Gasteiger partial charge in [0.25, 0.3) is 0 Å². The Kier molecular flexibility index (Phi) is 4.23. The monoisotopic (exact) mass is 292 g/mol. The summed E-state index contributed by atoms with van der Waals surface area (Å²) in [6, 6.07) is 0.106. The largest absolute Gasteiger partial charge is 0.344 e. The van der Waals surface area contributed by atoms with E-state index in [2.05, 4.69) is 24.1 Å². The summed E-state index contributed by atoms with van der Waals surface area (Å²) >= 11 is 0. The molecule has 4 nitrogen and oxygen atoms in total. The fraction of sp³-hybridized carbons (Fsp3) is 0.882. The average molecular weight is 292 g/mol. The summed E-state index contributed by atoms with van der Waals surface area (Å²) in [4.78, 5) is 27.0. The maximum atomic E-state index is 13.0. The van der Waals surface area contributed by atoms with Crippen LogP contribution in [0, 0.1) is 17.8 Å². The van der Waals surface area contributed by atoms with Crippen LogP contribution in [-0.2, 0) is 9.59 Å². The molecule has 3 fully saturated rings. The first-order chi connectivity index (χ1) is 10.1. The first-order valence-corrected chi connectivity index (χ1v) is 8.67. The standard InChI is InChI=1S/C17H28N2O2/c1-11(2)13-5-3-4-6-14(13)19-10-9-15(20)18-16(17(19)21)12-7-8-12/h11-14,16H,3-10H2,1-2H3,(H,18,20). The van der Waals surface area contributed by atoms with Gasteiger partial charge in [-0.2, -0.15) is 0 Å². The number of rotatable bonds is 3. The lowest BCUT2D eigenvalue weighted by atomic mass is 9.77. The van der Waals surface area contributed by atoms with Gasteiger partial charge in [0.15, 0.2) is 0 Å². The Labute approximate surface area is 127 Å². The van der Waals surface area contributed by atoms with E-state index in [0.717, 1.165) is 19.3 Å². The summed E-state index contributed by atoms with van der Waals surface area (Å²) in [6.45, 7) is 5.15. The van der Waals surface area contributed by atoms with Crippen LogP contribution in [0.3, 0.4) is 0 Å². The minimum Gasteiger partial charge on any atom is -0.344 e. The van der Waals surface area contributed by atoms with Crippen molar-refractivity contribution < 1.29 is 9.59 Å². The van der Waals surface area contributed by atoms with Crippen LogP contribution in [-0.4, -0.2) is 35.3 Å². The first kappa shape index (κ1) is 14.9. The summed E-state index contributed by atoms with van der Waals surface area (Å²) < 4.78 is 0. The maximum Gasteiger partial charge on any atom is 0.245 e. The Morgan fingerprint density at radius 1 is 1.10 bits per heavy atom. The summed E-state index contributed by atoms with van der Waals surface area (Å²) in [5, 5.41) is 2.97. The van der Waals surface area contributed by atoms with Crippen LogP contribution in [0.15, 0.2) is 0 Å².